The summed E-state index contributed by atoms with van der Waals surface area (Å²) in [7, 11) is 0. The van der Waals surface area contributed by atoms with E-state index in [1.54, 1.807) is 11.3 Å². The first kappa shape index (κ1) is 8.18. The van der Waals surface area contributed by atoms with E-state index in [1.807, 2.05) is 12.3 Å². The normalized spacial score (nSPS) is 10.2. The van der Waals surface area contributed by atoms with E-state index in [0.717, 1.165) is 16.6 Å². The predicted molar refractivity (Wildman–Crippen MR) is 50.6 cm³/mol. The van der Waals surface area contributed by atoms with Crippen molar-refractivity contribution in [1.29, 1.82) is 0 Å². The van der Waals surface area contributed by atoms with Gasteiger partial charge in [0.15, 0.2) is 5.13 Å². The number of rotatable bonds is 3. The number of hydrogen-bond acceptors (Lipinski definition) is 5. The zero-order valence-electron chi connectivity index (χ0n) is 7.11. The molecule has 0 aliphatic rings. The van der Waals surface area contributed by atoms with Crippen molar-refractivity contribution >= 4 is 16.5 Å². The molecule has 0 unspecified atom stereocenters. The molecule has 0 aliphatic heterocycles. The molecule has 5 nitrogen and oxygen atoms in total. The van der Waals surface area contributed by atoms with E-state index in [0.29, 0.717) is 6.54 Å². The standard InChI is InChI=1S/C7H9N5S/c1-5-3-13-7(11-5)8-2-6-9-4-10-12-6/h3-4H,2H2,1H3,(H,8,11)(H,9,10,12). The van der Waals surface area contributed by atoms with Gasteiger partial charge in [0.25, 0.3) is 0 Å². The molecule has 2 N–H and O–H groups in total. The molecule has 6 heteroatoms. The summed E-state index contributed by atoms with van der Waals surface area (Å²) >= 11 is 1.59. The number of aryl methyl sites for hydroxylation is 1. The Morgan fingerprint density at radius 2 is 2.54 bits per heavy atom. The number of aromatic nitrogens is 4. The zero-order valence-corrected chi connectivity index (χ0v) is 7.93. The van der Waals surface area contributed by atoms with Gasteiger partial charge in [0.2, 0.25) is 0 Å². The summed E-state index contributed by atoms with van der Waals surface area (Å²) < 4.78 is 0. The number of thiazole rings is 1. The molecule has 2 aromatic heterocycles. The van der Waals surface area contributed by atoms with Crippen LogP contribution >= 0.6 is 11.3 Å². The number of aromatic amines is 1. The number of nitrogens with zero attached hydrogens (tertiary/aromatic N) is 3. The molecule has 0 spiro atoms. The van der Waals surface area contributed by atoms with Crippen LogP contribution in [0.4, 0.5) is 5.13 Å². The summed E-state index contributed by atoms with van der Waals surface area (Å²) in [4.78, 5) is 8.24. The minimum Gasteiger partial charge on any atom is -0.354 e. The molecule has 2 aromatic rings. The van der Waals surface area contributed by atoms with Gasteiger partial charge >= 0.3 is 0 Å². The topological polar surface area (TPSA) is 66.5 Å². The van der Waals surface area contributed by atoms with E-state index in [2.05, 4.69) is 25.5 Å². The van der Waals surface area contributed by atoms with E-state index >= 15 is 0 Å². The summed E-state index contributed by atoms with van der Waals surface area (Å²) in [5.74, 6) is 0.813. The average Bonchev–Trinajstić information content (AvgIpc) is 2.71. The lowest BCUT2D eigenvalue weighted by molar-refractivity contribution is 0.951. The molecule has 0 bridgehead atoms. The van der Waals surface area contributed by atoms with Gasteiger partial charge in [0.05, 0.1) is 12.2 Å². The Hall–Kier alpha value is -1.43. The van der Waals surface area contributed by atoms with Crippen molar-refractivity contribution in [2.75, 3.05) is 5.32 Å². The number of anilines is 1. The first-order chi connectivity index (χ1) is 6.34. The fourth-order valence-electron chi connectivity index (χ4n) is 0.910. The second kappa shape index (κ2) is 3.53. The van der Waals surface area contributed by atoms with Crippen LogP contribution in [0.5, 0.6) is 0 Å². The van der Waals surface area contributed by atoms with Crippen molar-refractivity contribution in [3.8, 4) is 0 Å². The minimum atomic E-state index is 0.632. The van der Waals surface area contributed by atoms with Crippen LogP contribution in [0.3, 0.4) is 0 Å². The maximum atomic E-state index is 4.26. The molecule has 0 aliphatic carbocycles. The summed E-state index contributed by atoms with van der Waals surface area (Å²) in [5, 5.41) is 12.6. The molecule has 0 radical (unpaired) electrons. The van der Waals surface area contributed by atoms with E-state index in [9.17, 15) is 0 Å². The second-order valence-electron chi connectivity index (χ2n) is 2.58. The first-order valence-corrected chi connectivity index (χ1v) is 4.73. The molecule has 2 rings (SSSR count). The Morgan fingerprint density at radius 1 is 1.62 bits per heavy atom. The van der Waals surface area contributed by atoms with Gasteiger partial charge in [-0.05, 0) is 6.92 Å². The van der Waals surface area contributed by atoms with Crippen LogP contribution in [0.25, 0.3) is 0 Å². The fourth-order valence-corrected chi connectivity index (χ4v) is 1.60. The van der Waals surface area contributed by atoms with Crippen LogP contribution in [-0.2, 0) is 6.54 Å². The summed E-state index contributed by atoms with van der Waals surface area (Å²) in [6.45, 7) is 2.60. The first-order valence-electron chi connectivity index (χ1n) is 3.85. The highest BCUT2D eigenvalue weighted by Gasteiger charge is 1.98. The Kier molecular flexibility index (Phi) is 2.22. The quantitative estimate of drug-likeness (QED) is 0.771. The van der Waals surface area contributed by atoms with Gasteiger partial charge in [-0.25, -0.2) is 9.97 Å². The largest absolute Gasteiger partial charge is 0.354 e. The van der Waals surface area contributed by atoms with Crippen LogP contribution in [0, 0.1) is 6.92 Å². The Morgan fingerprint density at radius 3 is 3.15 bits per heavy atom. The number of hydrogen-bond donors (Lipinski definition) is 2. The van der Waals surface area contributed by atoms with Crippen molar-refractivity contribution in [3.63, 3.8) is 0 Å². The third-order valence-electron chi connectivity index (χ3n) is 1.49. The Balaban J connectivity index is 1.93. The van der Waals surface area contributed by atoms with Crippen molar-refractivity contribution in [1.82, 2.24) is 20.2 Å². The molecule has 0 saturated heterocycles. The smallest absolute Gasteiger partial charge is 0.183 e. The third-order valence-corrected chi connectivity index (χ3v) is 2.41. The fraction of sp³-hybridized carbons (Fsp3) is 0.286. The molecule has 0 fully saturated rings. The van der Waals surface area contributed by atoms with Crippen molar-refractivity contribution in [2.24, 2.45) is 0 Å². The van der Waals surface area contributed by atoms with Crippen LogP contribution in [0.15, 0.2) is 11.7 Å². The van der Waals surface area contributed by atoms with E-state index in [1.165, 1.54) is 6.33 Å². The number of nitrogens with one attached hydrogen (secondary N) is 2. The van der Waals surface area contributed by atoms with Crippen LogP contribution in [0.2, 0.25) is 0 Å². The lowest BCUT2D eigenvalue weighted by atomic mass is 10.6. The SMILES string of the molecule is Cc1csc(NCc2ncn[nH]2)n1. The summed E-state index contributed by atoms with van der Waals surface area (Å²) in [5.41, 5.74) is 1.03. The van der Waals surface area contributed by atoms with Gasteiger partial charge in [-0.15, -0.1) is 11.3 Å². The maximum absolute atomic E-state index is 4.26. The second-order valence-corrected chi connectivity index (χ2v) is 3.44. The molecule has 0 saturated carbocycles. The third kappa shape index (κ3) is 2.03. The summed E-state index contributed by atoms with van der Waals surface area (Å²) in [6.07, 6.45) is 1.49. The van der Waals surface area contributed by atoms with Crippen molar-refractivity contribution in [3.05, 3.63) is 23.2 Å². The summed E-state index contributed by atoms with van der Waals surface area (Å²) in [6, 6.07) is 0. The van der Waals surface area contributed by atoms with Gasteiger partial charge in [-0.2, -0.15) is 5.10 Å². The molecule has 0 atom stereocenters. The van der Waals surface area contributed by atoms with Crippen LogP contribution in [0.1, 0.15) is 11.5 Å². The van der Waals surface area contributed by atoms with Crippen molar-refractivity contribution < 1.29 is 0 Å². The van der Waals surface area contributed by atoms with Crippen LogP contribution < -0.4 is 5.32 Å². The van der Waals surface area contributed by atoms with Gasteiger partial charge in [-0.3, -0.25) is 5.10 Å². The molecular formula is C7H9N5S. The van der Waals surface area contributed by atoms with Crippen LogP contribution in [-0.4, -0.2) is 20.2 Å². The predicted octanol–water partition coefficient (Wildman–Crippen LogP) is 1.18. The highest BCUT2D eigenvalue weighted by molar-refractivity contribution is 7.13. The number of H-pyrrole nitrogens is 1. The van der Waals surface area contributed by atoms with Gasteiger partial charge in [0, 0.05) is 5.38 Å². The molecule has 0 amide bonds. The molecule has 68 valence electrons. The van der Waals surface area contributed by atoms with Gasteiger partial charge in [0.1, 0.15) is 12.2 Å². The Bertz CT molecular complexity index is 366. The lowest BCUT2D eigenvalue weighted by Gasteiger charge is -1.96. The van der Waals surface area contributed by atoms with E-state index in [4.69, 9.17) is 0 Å². The van der Waals surface area contributed by atoms with E-state index < -0.39 is 0 Å². The maximum Gasteiger partial charge on any atom is 0.183 e. The highest BCUT2D eigenvalue weighted by Crippen LogP contribution is 2.14. The molecule has 0 aromatic carbocycles. The van der Waals surface area contributed by atoms with Crippen molar-refractivity contribution in [2.45, 2.75) is 13.5 Å². The molecular weight excluding hydrogens is 186 g/mol. The Labute approximate surface area is 79.2 Å². The lowest BCUT2D eigenvalue weighted by Crippen LogP contribution is -2.00. The average molecular weight is 195 g/mol. The van der Waals surface area contributed by atoms with Gasteiger partial charge in [-0.1, -0.05) is 0 Å². The molecule has 2 heterocycles. The van der Waals surface area contributed by atoms with Gasteiger partial charge < -0.3 is 5.32 Å². The monoisotopic (exact) mass is 195 g/mol. The van der Waals surface area contributed by atoms with E-state index in [-0.39, 0.29) is 0 Å². The highest BCUT2D eigenvalue weighted by atomic mass is 32.1. The minimum absolute atomic E-state index is 0.632. The zero-order chi connectivity index (χ0) is 9.10. The molecule has 13 heavy (non-hydrogen) atoms.